The second-order valence-corrected chi connectivity index (χ2v) is 8.44. The Morgan fingerprint density at radius 2 is 1.97 bits per heavy atom. The maximum atomic E-state index is 13.0. The molecule has 3 rings (SSSR count). The standard InChI is InChI=1S/C21H27F3N2O4/c1-12(2)26-8-6-20(7-9-26)17(13(3)19(29)30-20)18(28)25-11-14-10-15(21(22,23)24)4-5-16(14)27/h4-5,10,12-13,17,27H,6-9,11H2,1-3H3,(H,25,28). The number of amides is 1. The van der Waals surface area contributed by atoms with Crippen LogP contribution in [0.1, 0.15) is 44.7 Å². The number of nitrogens with zero attached hydrogens (tertiary/aromatic N) is 1. The van der Waals surface area contributed by atoms with Gasteiger partial charge in [0.05, 0.1) is 17.4 Å². The van der Waals surface area contributed by atoms with Gasteiger partial charge in [0.1, 0.15) is 11.4 Å². The number of hydrogen-bond donors (Lipinski definition) is 2. The number of hydrogen-bond acceptors (Lipinski definition) is 5. The number of nitrogens with one attached hydrogen (secondary N) is 1. The van der Waals surface area contributed by atoms with E-state index in [2.05, 4.69) is 24.1 Å². The van der Waals surface area contributed by atoms with Gasteiger partial charge in [-0.25, -0.2) is 0 Å². The van der Waals surface area contributed by atoms with Gasteiger partial charge in [0.25, 0.3) is 0 Å². The molecule has 2 saturated heterocycles. The highest BCUT2D eigenvalue weighted by Crippen LogP contribution is 2.44. The molecule has 30 heavy (non-hydrogen) atoms. The van der Waals surface area contributed by atoms with Gasteiger partial charge >= 0.3 is 12.1 Å². The summed E-state index contributed by atoms with van der Waals surface area (Å²) in [4.78, 5) is 27.5. The van der Waals surface area contributed by atoms with Gasteiger partial charge in [-0.1, -0.05) is 6.92 Å². The minimum absolute atomic E-state index is 0.0419. The molecule has 2 unspecified atom stereocenters. The summed E-state index contributed by atoms with van der Waals surface area (Å²) in [6, 6.07) is 2.89. The summed E-state index contributed by atoms with van der Waals surface area (Å²) >= 11 is 0. The van der Waals surface area contributed by atoms with Crippen LogP contribution in [0.3, 0.4) is 0 Å². The number of rotatable bonds is 4. The van der Waals surface area contributed by atoms with Crippen LogP contribution in [-0.4, -0.2) is 46.6 Å². The number of esters is 1. The van der Waals surface area contributed by atoms with E-state index in [1.807, 2.05) is 0 Å². The van der Waals surface area contributed by atoms with Crippen LogP contribution >= 0.6 is 0 Å². The lowest BCUT2D eigenvalue weighted by Gasteiger charge is -2.42. The third-order valence-corrected chi connectivity index (χ3v) is 6.26. The smallest absolute Gasteiger partial charge is 0.416 e. The zero-order valence-electron chi connectivity index (χ0n) is 17.3. The van der Waals surface area contributed by atoms with Gasteiger partial charge in [-0.05, 0) is 32.0 Å². The number of alkyl halides is 3. The third-order valence-electron chi connectivity index (χ3n) is 6.26. The van der Waals surface area contributed by atoms with E-state index in [0.29, 0.717) is 32.0 Å². The monoisotopic (exact) mass is 428 g/mol. The number of phenols is 1. The van der Waals surface area contributed by atoms with Crippen molar-refractivity contribution in [2.45, 2.75) is 58.0 Å². The number of ether oxygens (including phenoxy) is 1. The van der Waals surface area contributed by atoms with Gasteiger partial charge in [-0.15, -0.1) is 0 Å². The number of phenolic OH excluding ortho intramolecular Hbond substituents is 1. The van der Waals surface area contributed by atoms with E-state index in [4.69, 9.17) is 4.74 Å². The molecule has 9 heteroatoms. The number of benzene rings is 1. The molecule has 0 radical (unpaired) electrons. The summed E-state index contributed by atoms with van der Waals surface area (Å²) < 4.78 is 44.5. The van der Waals surface area contributed by atoms with Crippen molar-refractivity contribution in [3.63, 3.8) is 0 Å². The lowest BCUT2D eigenvalue weighted by Crippen LogP contribution is -2.53. The Labute approximate surface area is 173 Å². The van der Waals surface area contributed by atoms with Crippen molar-refractivity contribution in [3.05, 3.63) is 29.3 Å². The third kappa shape index (κ3) is 4.26. The molecule has 1 amide bonds. The lowest BCUT2D eigenvalue weighted by atomic mass is 9.75. The summed E-state index contributed by atoms with van der Waals surface area (Å²) in [6.07, 6.45) is -3.51. The fraction of sp³-hybridized carbons (Fsp3) is 0.619. The van der Waals surface area contributed by atoms with Crippen LogP contribution in [-0.2, 0) is 27.0 Å². The molecule has 0 aromatic heterocycles. The first-order chi connectivity index (χ1) is 13.9. The minimum atomic E-state index is -4.55. The normalized spacial score (nSPS) is 24.3. The molecular weight excluding hydrogens is 401 g/mol. The average molecular weight is 428 g/mol. The van der Waals surface area contributed by atoms with E-state index in [1.54, 1.807) is 6.92 Å². The molecule has 166 valence electrons. The first kappa shape index (κ1) is 22.4. The summed E-state index contributed by atoms with van der Waals surface area (Å²) in [5.41, 5.74) is -1.85. The number of halogens is 3. The van der Waals surface area contributed by atoms with Crippen LogP contribution in [0.2, 0.25) is 0 Å². The molecule has 2 fully saturated rings. The second kappa shape index (κ2) is 8.09. The van der Waals surface area contributed by atoms with Crippen molar-refractivity contribution in [1.29, 1.82) is 0 Å². The molecule has 1 aromatic carbocycles. The molecule has 6 nitrogen and oxygen atoms in total. The van der Waals surface area contributed by atoms with E-state index in [0.717, 1.165) is 18.2 Å². The maximum absolute atomic E-state index is 13.0. The largest absolute Gasteiger partial charge is 0.508 e. The molecular formula is C21H27F3N2O4. The molecule has 2 aliphatic heterocycles. The fourth-order valence-electron chi connectivity index (χ4n) is 4.44. The second-order valence-electron chi connectivity index (χ2n) is 8.44. The SMILES string of the molecule is CC1C(=O)OC2(CCN(C(C)C)CC2)C1C(=O)NCc1cc(C(F)(F)F)ccc1O. The van der Waals surface area contributed by atoms with Gasteiger partial charge in [-0.2, -0.15) is 13.2 Å². The van der Waals surface area contributed by atoms with Crippen LogP contribution in [0.25, 0.3) is 0 Å². The van der Waals surface area contributed by atoms with E-state index in [9.17, 15) is 27.9 Å². The Kier molecular flexibility index (Phi) is 6.04. The van der Waals surface area contributed by atoms with Crippen molar-refractivity contribution in [1.82, 2.24) is 10.2 Å². The predicted octanol–water partition coefficient (Wildman–Crippen LogP) is 3.08. The van der Waals surface area contributed by atoms with Crippen molar-refractivity contribution >= 4 is 11.9 Å². The van der Waals surface area contributed by atoms with E-state index in [1.165, 1.54) is 0 Å². The quantitative estimate of drug-likeness (QED) is 0.721. The number of piperidine rings is 1. The van der Waals surface area contributed by atoms with Gasteiger partial charge in [0, 0.05) is 44.1 Å². The van der Waals surface area contributed by atoms with Crippen molar-refractivity contribution in [2.24, 2.45) is 11.8 Å². The summed E-state index contributed by atoms with van der Waals surface area (Å²) in [5, 5.41) is 12.5. The summed E-state index contributed by atoms with van der Waals surface area (Å²) in [7, 11) is 0. The minimum Gasteiger partial charge on any atom is -0.508 e. The van der Waals surface area contributed by atoms with Crippen molar-refractivity contribution in [3.8, 4) is 5.75 Å². The highest BCUT2D eigenvalue weighted by atomic mass is 19.4. The zero-order chi connectivity index (χ0) is 22.3. The lowest BCUT2D eigenvalue weighted by molar-refractivity contribution is -0.156. The van der Waals surface area contributed by atoms with Crippen LogP contribution in [0.4, 0.5) is 13.2 Å². The van der Waals surface area contributed by atoms with E-state index >= 15 is 0 Å². The first-order valence-corrected chi connectivity index (χ1v) is 10.1. The Morgan fingerprint density at radius 3 is 2.53 bits per heavy atom. The van der Waals surface area contributed by atoms with Crippen LogP contribution in [0, 0.1) is 11.8 Å². The van der Waals surface area contributed by atoms with Gasteiger partial charge in [0.15, 0.2) is 0 Å². The number of carbonyl (C=O) groups is 2. The molecule has 1 aromatic rings. The molecule has 0 bridgehead atoms. The molecule has 2 N–H and O–H groups in total. The van der Waals surface area contributed by atoms with Gasteiger partial charge in [0.2, 0.25) is 5.91 Å². The predicted molar refractivity (Wildman–Crippen MR) is 102 cm³/mol. The molecule has 2 aliphatic rings. The molecule has 0 saturated carbocycles. The summed E-state index contributed by atoms with van der Waals surface area (Å²) in [5.74, 6) is -2.61. The summed E-state index contributed by atoms with van der Waals surface area (Å²) in [6.45, 7) is 6.89. The molecule has 2 atom stereocenters. The van der Waals surface area contributed by atoms with Crippen molar-refractivity contribution in [2.75, 3.05) is 13.1 Å². The molecule has 1 spiro atoms. The van der Waals surface area contributed by atoms with E-state index in [-0.39, 0.29) is 17.9 Å². The number of likely N-dealkylation sites (tertiary alicyclic amines) is 1. The van der Waals surface area contributed by atoms with Crippen molar-refractivity contribution < 1.29 is 32.6 Å². The number of aromatic hydroxyl groups is 1. The Bertz CT molecular complexity index is 817. The fourth-order valence-corrected chi connectivity index (χ4v) is 4.44. The average Bonchev–Trinajstić information content (AvgIpc) is 2.90. The molecule has 0 aliphatic carbocycles. The zero-order valence-corrected chi connectivity index (χ0v) is 17.3. The Hall–Kier alpha value is -2.29. The first-order valence-electron chi connectivity index (χ1n) is 10.1. The maximum Gasteiger partial charge on any atom is 0.416 e. The number of carbonyl (C=O) groups excluding carboxylic acids is 2. The van der Waals surface area contributed by atoms with Crippen LogP contribution in [0.15, 0.2) is 18.2 Å². The van der Waals surface area contributed by atoms with Gasteiger partial charge < -0.3 is 20.1 Å². The Morgan fingerprint density at radius 1 is 1.33 bits per heavy atom. The topological polar surface area (TPSA) is 78.9 Å². The molecule has 2 heterocycles. The van der Waals surface area contributed by atoms with Gasteiger partial charge in [-0.3, -0.25) is 9.59 Å². The highest BCUT2D eigenvalue weighted by molar-refractivity contribution is 5.89. The van der Waals surface area contributed by atoms with E-state index < -0.39 is 41.1 Å². The van der Waals surface area contributed by atoms with Crippen LogP contribution in [0.5, 0.6) is 5.75 Å². The van der Waals surface area contributed by atoms with Crippen LogP contribution < -0.4 is 5.32 Å². The Balaban J connectivity index is 1.75. The highest BCUT2D eigenvalue weighted by Gasteiger charge is 2.57.